The molecule has 2 heteroatoms. The fraction of sp³-hybridized carbons (Fsp3) is 1.00. The molecule has 0 saturated carbocycles. The van der Waals surface area contributed by atoms with Gasteiger partial charge in [0.25, 0.3) is 0 Å². The Labute approximate surface area is 77.8 Å². The van der Waals surface area contributed by atoms with Crippen LogP contribution >= 0.6 is 0 Å². The van der Waals surface area contributed by atoms with E-state index in [1.807, 2.05) is 0 Å². The Balaban J connectivity index is 0. The van der Waals surface area contributed by atoms with Gasteiger partial charge >= 0.3 is 41.5 Å². The van der Waals surface area contributed by atoms with Crippen molar-refractivity contribution in [3.05, 3.63) is 0 Å². The second-order valence-electron chi connectivity index (χ2n) is 6.00. The summed E-state index contributed by atoms with van der Waals surface area (Å²) in [7, 11) is 1.31. The standard InChI is InChI=1S/C4H12Ge.C4H12Si/c2*1-4(2,3)5/h2*1-3,5H3. The van der Waals surface area contributed by atoms with Crippen molar-refractivity contribution in [2.24, 2.45) is 0 Å². The summed E-state index contributed by atoms with van der Waals surface area (Å²) in [6.45, 7) is 13.6. The van der Waals surface area contributed by atoms with E-state index < -0.39 is 0 Å². The van der Waals surface area contributed by atoms with E-state index in [-0.39, 0.29) is 0 Å². The van der Waals surface area contributed by atoms with Gasteiger partial charge in [-0.1, -0.05) is 25.8 Å². The Hall–Kier alpha value is 0.760. The summed E-state index contributed by atoms with van der Waals surface area (Å²) in [6.07, 6.45) is 0. The molecular weight excluding hydrogens is 197 g/mol. The van der Waals surface area contributed by atoms with Crippen molar-refractivity contribution in [1.82, 2.24) is 0 Å². The number of hydrogen-bond acceptors (Lipinski definition) is 0. The third kappa shape index (κ3) is 914. The summed E-state index contributed by atoms with van der Waals surface area (Å²) in [6, 6.07) is 0. The molecule has 0 aromatic heterocycles. The predicted molar refractivity (Wildman–Crippen MR) is 59.3 cm³/mol. The van der Waals surface area contributed by atoms with Gasteiger partial charge in [-0.05, 0) is 0 Å². The summed E-state index contributed by atoms with van der Waals surface area (Å²) < 4.78 is 0.688. The Bertz CT molecular complexity index is 52.2. The third-order valence-corrected chi connectivity index (χ3v) is 0. The molecule has 0 bridgehead atoms. The first-order valence-corrected chi connectivity index (χ1v) is 7.10. The maximum absolute atomic E-state index is 2.27. The van der Waals surface area contributed by atoms with Crippen LogP contribution in [0.5, 0.6) is 0 Å². The fourth-order valence-corrected chi connectivity index (χ4v) is 0. The molecule has 64 valence electrons. The zero-order valence-electron chi connectivity index (χ0n) is 9.00. The molecule has 0 unspecified atom stereocenters. The molecule has 10 heavy (non-hydrogen) atoms. The SMILES string of the molecule is CC(C)(C)[SiH3].C[C](C)(C)[GeH3]. The summed E-state index contributed by atoms with van der Waals surface area (Å²) >= 11 is 1.00. The molecule has 0 atom stereocenters. The van der Waals surface area contributed by atoms with E-state index in [0.717, 1.165) is 16.5 Å². The molecule has 0 aliphatic heterocycles. The van der Waals surface area contributed by atoms with Crippen LogP contribution in [0.1, 0.15) is 41.5 Å². The summed E-state index contributed by atoms with van der Waals surface area (Å²) in [5.74, 6) is 0. The molecule has 0 aromatic rings. The topological polar surface area (TPSA) is 0 Å². The van der Waals surface area contributed by atoms with E-state index in [1.165, 1.54) is 10.2 Å². The van der Waals surface area contributed by atoms with Gasteiger partial charge < -0.3 is 0 Å². The number of hydrogen-bond donors (Lipinski definition) is 0. The van der Waals surface area contributed by atoms with Crippen LogP contribution in [0.15, 0.2) is 0 Å². The molecule has 0 heterocycles. The normalized spacial score (nSPS) is 12.6. The van der Waals surface area contributed by atoms with E-state index in [2.05, 4.69) is 41.5 Å². The van der Waals surface area contributed by atoms with E-state index in [9.17, 15) is 0 Å². The quantitative estimate of drug-likeness (QED) is 0.538. The van der Waals surface area contributed by atoms with Crippen LogP contribution in [0.3, 0.4) is 0 Å². The minimum atomic E-state index is 0.639. The molecule has 0 aliphatic carbocycles. The van der Waals surface area contributed by atoms with E-state index in [4.69, 9.17) is 0 Å². The van der Waals surface area contributed by atoms with Crippen LogP contribution < -0.4 is 0 Å². The van der Waals surface area contributed by atoms with E-state index >= 15 is 0 Å². The fourth-order valence-electron chi connectivity index (χ4n) is 0. The van der Waals surface area contributed by atoms with Crippen LogP contribution in [-0.2, 0) is 0 Å². The van der Waals surface area contributed by atoms with Crippen molar-refractivity contribution in [2.75, 3.05) is 0 Å². The molecule has 0 amide bonds. The van der Waals surface area contributed by atoms with Gasteiger partial charge in [0.2, 0.25) is 0 Å². The molecule has 0 saturated heterocycles. The summed E-state index contributed by atoms with van der Waals surface area (Å²) in [4.78, 5) is 0. The maximum atomic E-state index is 2.27. The van der Waals surface area contributed by atoms with Crippen molar-refractivity contribution in [3.8, 4) is 0 Å². The van der Waals surface area contributed by atoms with Crippen molar-refractivity contribution in [3.63, 3.8) is 0 Å². The summed E-state index contributed by atoms with van der Waals surface area (Å²) in [5.41, 5.74) is 0. The first-order chi connectivity index (χ1) is 4.00. The van der Waals surface area contributed by atoms with Gasteiger partial charge in [0.05, 0.1) is 0 Å². The second-order valence-corrected chi connectivity index (χ2v) is 15.3. The first-order valence-electron chi connectivity index (χ1n) is 4.00. The van der Waals surface area contributed by atoms with Gasteiger partial charge in [-0.15, -0.1) is 0 Å². The van der Waals surface area contributed by atoms with E-state index in [0.29, 0.717) is 9.29 Å². The van der Waals surface area contributed by atoms with Crippen molar-refractivity contribution < 1.29 is 0 Å². The molecular formula is C8H24GeSi. The van der Waals surface area contributed by atoms with Gasteiger partial charge in [-0.25, -0.2) is 0 Å². The minimum absolute atomic E-state index is 0.639. The Morgan fingerprint density at radius 2 is 0.900 bits per heavy atom. The Morgan fingerprint density at radius 1 is 0.900 bits per heavy atom. The molecule has 0 aromatic carbocycles. The zero-order valence-corrected chi connectivity index (χ0v) is 15.2. The molecule has 0 aliphatic rings. The van der Waals surface area contributed by atoms with Crippen LogP contribution in [0, 0.1) is 0 Å². The Morgan fingerprint density at radius 3 is 0.900 bits per heavy atom. The predicted octanol–water partition coefficient (Wildman–Crippen LogP) is 1.14. The van der Waals surface area contributed by atoms with Crippen molar-refractivity contribution >= 4 is 26.8 Å². The van der Waals surface area contributed by atoms with Crippen LogP contribution in [0.2, 0.25) is 9.29 Å². The Kier molecular flexibility index (Phi) is 6.14. The van der Waals surface area contributed by atoms with Crippen LogP contribution in [-0.4, -0.2) is 26.8 Å². The van der Waals surface area contributed by atoms with Gasteiger partial charge in [0, 0.05) is 10.2 Å². The number of rotatable bonds is 0. The molecule has 0 fully saturated rings. The first kappa shape index (κ1) is 13.4. The van der Waals surface area contributed by atoms with Crippen molar-refractivity contribution in [2.45, 2.75) is 50.8 Å². The average molecular weight is 221 g/mol. The summed E-state index contributed by atoms with van der Waals surface area (Å²) in [5, 5.41) is 0.639. The van der Waals surface area contributed by atoms with Gasteiger partial charge in [-0.2, -0.15) is 0 Å². The molecule has 0 spiro atoms. The van der Waals surface area contributed by atoms with E-state index in [1.54, 1.807) is 0 Å². The second kappa shape index (κ2) is 4.60. The molecule has 0 radical (unpaired) electrons. The zero-order chi connectivity index (χ0) is 9.00. The third-order valence-electron chi connectivity index (χ3n) is 0. The molecule has 0 rings (SSSR count). The van der Waals surface area contributed by atoms with Crippen LogP contribution in [0.25, 0.3) is 0 Å². The van der Waals surface area contributed by atoms with Crippen LogP contribution in [0.4, 0.5) is 0 Å². The van der Waals surface area contributed by atoms with Gasteiger partial charge in [0.15, 0.2) is 0 Å². The van der Waals surface area contributed by atoms with Crippen molar-refractivity contribution in [1.29, 1.82) is 0 Å². The average Bonchev–Trinajstić information content (AvgIpc) is 1.12. The molecule has 0 N–H and O–H groups in total. The monoisotopic (exact) mass is 222 g/mol. The van der Waals surface area contributed by atoms with Gasteiger partial charge in [0.1, 0.15) is 0 Å². The van der Waals surface area contributed by atoms with Gasteiger partial charge in [-0.3, -0.25) is 0 Å². The molecule has 0 nitrogen and oxygen atoms in total.